The maximum Gasteiger partial charge on any atom is 0.340 e. The Kier molecular flexibility index (Phi) is 6.00. The molecule has 0 aliphatic rings. The zero-order valence-electron chi connectivity index (χ0n) is 18.1. The fourth-order valence-corrected chi connectivity index (χ4v) is 3.68. The third-order valence-corrected chi connectivity index (χ3v) is 5.32. The molecule has 1 amide bonds. The lowest BCUT2D eigenvalue weighted by Crippen LogP contribution is -2.18. The van der Waals surface area contributed by atoms with Crippen LogP contribution >= 0.6 is 0 Å². The fraction of sp³-hybridized carbons (Fsp3) is 0.0833. The number of amides is 1. The second kappa shape index (κ2) is 8.93. The Labute approximate surface area is 195 Å². The van der Waals surface area contributed by atoms with E-state index in [1.54, 1.807) is 0 Å². The highest BCUT2D eigenvalue weighted by molar-refractivity contribution is 6.12. The fourth-order valence-electron chi connectivity index (χ4n) is 3.68. The number of carbonyl (C=O) groups is 2. The molecule has 35 heavy (non-hydrogen) atoms. The lowest BCUT2D eigenvalue weighted by Gasteiger charge is -2.09. The number of carbonyl (C=O) groups excluding carboxylic acids is 2. The predicted molar refractivity (Wildman–Crippen MR) is 118 cm³/mol. The quantitative estimate of drug-likeness (QED) is 0.236. The lowest BCUT2D eigenvalue weighted by molar-refractivity contribution is -0.384. The van der Waals surface area contributed by atoms with E-state index in [9.17, 15) is 32.9 Å². The number of nitrogens with zero attached hydrogens (tertiary/aromatic N) is 1. The summed E-state index contributed by atoms with van der Waals surface area (Å²) < 4.78 is 52.6. The molecular formula is C24H15F3N2O6. The van der Waals surface area contributed by atoms with Crippen LogP contribution in [0.5, 0.6) is 0 Å². The molecular weight excluding hydrogens is 469 g/mol. The van der Waals surface area contributed by atoms with E-state index in [4.69, 9.17) is 4.42 Å². The van der Waals surface area contributed by atoms with Crippen LogP contribution in [-0.2, 0) is 4.74 Å². The molecule has 0 unspecified atom stereocenters. The molecule has 4 aromatic rings. The van der Waals surface area contributed by atoms with Gasteiger partial charge in [0.15, 0.2) is 0 Å². The monoisotopic (exact) mass is 484 g/mol. The highest BCUT2D eigenvalue weighted by atomic mass is 19.1. The van der Waals surface area contributed by atoms with E-state index in [1.165, 1.54) is 19.2 Å². The van der Waals surface area contributed by atoms with Gasteiger partial charge in [-0.25, -0.2) is 18.0 Å². The largest absolute Gasteiger partial charge is 0.465 e. The van der Waals surface area contributed by atoms with Crippen LogP contribution in [0.25, 0.3) is 33.4 Å². The van der Waals surface area contributed by atoms with Gasteiger partial charge in [0.25, 0.3) is 11.6 Å². The molecule has 0 bridgehead atoms. The van der Waals surface area contributed by atoms with Gasteiger partial charge in [-0.2, -0.15) is 0 Å². The zero-order chi connectivity index (χ0) is 25.4. The molecule has 1 aromatic heterocycles. The molecule has 8 nitrogen and oxygen atoms in total. The van der Waals surface area contributed by atoms with Gasteiger partial charge in [-0.1, -0.05) is 0 Å². The SMILES string of the molecule is CNC(=O)c1c(-c2ccc(F)cc2)oc2cc([N+](=O)[O-])c(-c3cc(C(=O)OC)c(F)cc3F)cc12. The third-order valence-electron chi connectivity index (χ3n) is 5.32. The van der Waals surface area contributed by atoms with Crippen LogP contribution in [-0.4, -0.2) is 31.0 Å². The van der Waals surface area contributed by atoms with Crippen molar-refractivity contribution in [3.8, 4) is 22.5 Å². The number of halogens is 3. The molecule has 178 valence electrons. The minimum absolute atomic E-state index is 0.000579. The van der Waals surface area contributed by atoms with E-state index in [0.29, 0.717) is 11.6 Å². The summed E-state index contributed by atoms with van der Waals surface area (Å²) in [5.74, 6) is -4.66. The summed E-state index contributed by atoms with van der Waals surface area (Å²) in [6.45, 7) is 0. The first-order valence-electron chi connectivity index (χ1n) is 9.97. The predicted octanol–water partition coefficient (Wildman–Crippen LogP) is 5.24. The normalized spacial score (nSPS) is 10.9. The number of nitro benzene ring substituents is 1. The molecule has 0 aliphatic carbocycles. The third kappa shape index (κ3) is 4.07. The highest BCUT2D eigenvalue weighted by Gasteiger charge is 2.28. The van der Waals surface area contributed by atoms with Gasteiger partial charge in [-0.3, -0.25) is 14.9 Å². The van der Waals surface area contributed by atoms with Crippen LogP contribution in [0.2, 0.25) is 0 Å². The summed E-state index contributed by atoms with van der Waals surface area (Å²) in [5.41, 5.74) is -1.86. The van der Waals surface area contributed by atoms with E-state index < -0.39 is 51.1 Å². The van der Waals surface area contributed by atoms with E-state index in [0.717, 1.165) is 37.4 Å². The van der Waals surface area contributed by atoms with Crippen LogP contribution in [0, 0.1) is 27.6 Å². The minimum atomic E-state index is -1.21. The van der Waals surface area contributed by atoms with E-state index in [-0.39, 0.29) is 27.9 Å². The van der Waals surface area contributed by atoms with Crippen LogP contribution in [0.15, 0.2) is 52.9 Å². The summed E-state index contributed by atoms with van der Waals surface area (Å²) in [7, 11) is 2.35. The average Bonchev–Trinajstić information content (AvgIpc) is 3.21. The van der Waals surface area contributed by atoms with Gasteiger partial charge in [-0.15, -0.1) is 0 Å². The van der Waals surface area contributed by atoms with E-state index in [1.807, 2.05) is 0 Å². The Morgan fingerprint density at radius 3 is 2.29 bits per heavy atom. The first kappa shape index (κ1) is 23.5. The van der Waals surface area contributed by atoms with E-state index >= 15 is 0 Å². The first-order chi connectivity index (χ1) is 16.7. The number of hydrogen-bond acceptors (Lipinski definition) is 6. The summed E-state index contributed by atoms with van der Waals surface area (Å²) in [6.07, 6.45) is 0. The standard InChI is InChI=1S/C24H15F3N2O6/c1-28-23(30)21-16-8-14(13-7-15(24(31)34-2)18(27)9-17(13)26)19(29(32)33)10-20(16)35-22(21)11-3-5-12(25)6-4-11/h3-10H,1-2H3,(H,28,30). The number of benzene rings is 3. The second-order valence-electron chi connectivity index (χ2n) is 7.32. The van der Waals surface area contributed by atoms with E-state index in [2.05, 4.69) is 10.1 Å². The molecule has 1 heterocycles. The summed E-state index contributed by atoms with van der Waals surface area (Å²) in [6, 6.07) is 8.35. The number of furan rings is 1. The van der Waals surface area contributed by atoms with Crippen molar-refractivity contribution in [2.75, 3.05) is 14.2 Å². The summed E-state index contributed by atoms with van der Waals surface area (Å²) >= 11 is 0. The molecule has 0 aliphatic heterocycles. The maximum atomic E-state index is 14.8. The highest BCUT2D eigenvalue weighted by Crippen LogP contribution is 2.41. The minimum Gasteiger partial charge on any atom is -0.465 e. The molecule has 4 rings (SSSR count). The molecule has 3 aromatic carbocycles. The van der Waals surface area contributed by atoms with Crippen molar-refractivity contribution in [3.63, 3.8) is 0 Å². The molecule has 0 saturated heterocycles. The van der Waals surface area contributed by atoms with Crippen LogP contribution < -0.4 is 5.32 Å². The number of hydrogen-bond donors (Lipinski definition) is 1. The van der Waals surface area contributed by atoms with Gasteiger partial charge in [0, 0.05) is 29.6 Å². The second-order valence-corrected chi connectivity index (χ2v) is 7.32. The van der Waals surface area contributed by atoms with Gasteiger partial charge >= 0.3 is 5.97 Å². The van der Waals surface area contributed by atoms with Crippen LogP contribution in [0.4, 0.5) is 18.9 Å². The molecule has 11 heteroatoms. The Hall–Kier alpha value is -4.67. The number of fused-ring (bicyclic) bond motifs is 1. The molecule has 1 N–H and O–H groups in total. The van der Waals surface area contributed by atoms with Gasteiger partial charge in [-0.05, 0) is 36.4 Å². The van der Waals surface area contributed by atoms with Crippen molar-refractivity contribution in [2.24, 2.45) is 0 Å². The van der Waals surface area contributed by atoms with Crippen molar-refractivity contribution >= 4 is 28.5 Å². The van der Waals surface area contributed by atoms with Crippen molar-refractivity contribution in [3.05, 3.63) is 87.2 Å². The Balaban J connectivity index is 2.07. The van der Waals surface area contributed by atoms with Crippen LogP contribution in [0.1, 0.15) is 20.7 Å². The molecule has 0 radical (unpaired) electrons. The lowest BCUT2D eigenvalue weighted by atomic mass is 9.96. The topological polar surface area (TPSA) is 112 Å². The van der Waals surface area contributed by atoms with Gasteiger partial charge < -0.3 is 14.5 Å². The number of esters is 1. The Bertz CT molecular complexity index is 1510. The van der Waals surface area contributed by atoms with Crippen LogP contribution in [0.3, 0.4) is 0 Å². The Morgan fingerprint density at radius 1 is 1.00 bits per heavy atom. The number of nitro groups is 1. The number of ether oxygens (including phenoxy) is 1. The van der Waals surface area contributed by atoms with Crippen molar-refractivity contribution < 1.29 is 36.8 Å². The number of rotatable bonds is 5. The summed E-state index contributed by atoms with van der Waals surface area (Å²) in [4.78, 5) is 35.7. The maximum absolute atomic E-state index is 14.8. The molecule has 0 atom stereocenters. The van der Waals surface area contributed by atoms with Gasteiger partial charge in [0.1, 0.15) is 28.8 Å². The van der Waals surface area contributed by atoms with Gasteiger partial charge in [0.05, 0.1) is 34.8 Å². The first-order valence-corrected chi connectivity index (χ1v) is 9.97. The summed E-state index contributed by atoms with van der Waals surface area (Å²) in [5, 5.41) is 14.3. The van der Waals surface area contributed by atoms with Crippen molar-refractivity contribution in [1.82, 2.24) is 5.32 Å². The average molecular weight is 484 g/mol. The van der Waals surface area contributed by atoms with Crippen molar-refractivity contribution in [2.45, 2.75) is 0 Å². The molecule has 0 fully saturated rings. The molecule has 0 spiro atoms. The van der Waals surface area contributed by atoms with Crippen molar-refractivity contribution in [1.29, 1.82) is 0 Å². The smallest absolute Gasteiger partial charge is 0.340 e. The number of methoxy groups -OCH3 is 1. The molecule has 0 saturated carbocycles. The zero-order valence-corrected chi connectivity index (χ0v) is 18.1. The van der Waals surface area contributed by atoms with Gasteiger partial charge in [0.2, 0.25) is 0 Å². The number of nitrogens with one attached hydrogen (secondary N) is 1. The Morgan fingerprint density at radius 2 is 1.69 bits per heavy atom.